The summed E-state index contributed by atoms with van der Waals surface area (Å²) in [5.74, 6) is 2.53. The number of ketones is 1. The summed E-state index contributed by atoms with van der Waals surface area (Å²) >= 11 is 0. The Bertz CT molecular complexity index is 290. The minimum absolute atomic E-state index is 0.327. The zero-order valence-corrected chi connectivity index (χ0v) is 10.1. The molecule has 1 heteroatoms. The smallest absolute Gasteiger partial charge is 0.155 e. The van der Waals surface area contributed by atoms with Gasteiger partial charge in [-0.25, -0.2) is 0 Å². The molecule has 0 aromatic carbocycles. The van der Waals surface area contributed by atoms with E-state index in [4.69, 9.17) is 0 Å². The second-order valence-electron chi connectivity index (χ2n) is 5.87. The lowest BCUT2D eigenvalue weighted by atomic mass is 9.67. The molecule has 1 fully saturated rings. The molecular weight excluding hydrogens is 184 g/mol. The first-order chi connectivity index (χ1) is 7.04. The molecule has 2 aliphatic rings. The molecule has 0 radical (unpaired) electrons. The average molecular weight is 206 g/mol. The van der Waals surface area contributed by atoms with Crippen LogP contribution < -0.4 is 0 Å². The van der Waals surface area contributed by atoms with Gasteiger partial charge in [0.1, 0.15) is 0 Å². The molecule has 1 saturated carbocycles. The molecule has 2 rings (SSSR count). The first-order valence-corrected chi connectivity index (χ1v) is 6.25. The molecule has 0 unspecified atom stereocenters. The molecule has 0 aromatic heterocycles. The standard InChI is InChI=1S/C14H22O/c1-10(2)13-7-5-11-4-6-12(15)8-9-14(11,13)3/h4,6,10-11,13H,5,7-9H2,1-3H3/t11-,13+,14-/m1/s1. The van der Waals surface area contributed by atoms with Gasteiger partial charge in [-0.05, 0) is 48.5 Å². The number of carbonyl (C=O) groups is 1. The molecule has 0 aromatic rings. The van der Waals surface area contributed by atoms with Gasteiger partial charge in [0.15, 0.2) is 5.78 Å². The van der Waals surface area contributed by atoms with Gasteiger partial charge in [0.25, 0.3) is 0 Å². The van der Waals surface area contributed by atoms with Crippen LogP contribution in [0.15, 0.2) is 12.2 Å². The normalized spacial score (nSPS) is 40.7. The van der Waals surface area contributed by atoms with Crippen molar-refractivity contribution in [1.29, 1.82) is 0 Å². The summed E-state index contributed by atoms with van der Waals surface area (Å²) in [7, 11) is 0. The lowest BCUT2D eigenvalue weighted by molar-refractivity contribution is -0.115. The highest BCUT2D eigenvalue weighted by atomic mass is 16.1. The molecule has 2 aliphatic carbocycles. The van der Waals surface area contributed by atoms with Crippen molar-refractivity contribution in [3.05, 3.63) is 12.2 Å². The molecule has 0 spiro atoms. The quantitative estimate of drug-likeness (QED) is 0.640. The van der Waals surface area contributed by atoms with E-state index in [0.29, 0.717) is 17.1 Å². The van der Waals surface area contributed by atoms with Gasteiger partial charge in [0, 0.05) is 6.42 Å². The summed E-state index contributed by atoms with van der Waals surface area (Å²) in [6.45, 7) is 7.06. The number of allylic oxidation sites excluding steroid dienone is 2. The van der Waals surface area contributed by atoms with E-state index in [-0.39, 0.29) is 0 Å². The van der Waals surface area contributed by atoms with Crippen molar-refractivity contribution in [1.82, 2.24) is 0 Å². The van der Waals surface area contributed by atoms with Crippen molar-refractivity contribution >= 4 is 5.78 Å². The van der Waals surface area contributed by atoms with E-state index in [2.05, 4.69) is 26.8 Å². The monoisotopic (exact) mass is 206 g/mol. The van der Waals surface area contributed by atoms with Crippen LogP contribution in [0.25, 0.3) is 0 Å². The minimum atomic E-state index is 0.327. The van der Waals surface area contributed by atoms with Crippen LogP contribution in [0.1, 0.15) is 46.5 Å². The third-order valence-corrected chi connectivity index (χ3v) is 4.71. The molecule has 0 saturated heterocycles. The third kappa shape index (κ3) is 1.77. The van der Waals surface area contributed by atoms with E-state index in [9.17, 15) is 4.79 Å². The van der Waals surface area contributed by atoms with E-state index in [0.717, 1.165) is 24.7 Å². The van der Waals surface area contributed by atoms with Gasteiger partial charge in [-0.3, -0.25) is 4.79 Å². The number of fused-ring (bicyclic) bond motifs is 1. The molecule has 0 aliphatic heterocycles. The van der Waals surface area contributed by atoms with Crippen LogP contribution in [-0.2, 0) is 4.79 Å². The van der Waals surface area contributed by atoms with E-state index >= 15 is 0 Å². The molecule has 0 heterocycles. The van der Waals surface area contributed by atoms with Gasteiger partial charge in [-0.2, -0.15) is 0 Å². The molecule has 0 bridgehead atoms. The molecule has 15 heavy (non-hydrogen) atoms. The van der Waals surface area contributed by atoms with Gasteiger partial charge in [-0.1, -0.05) is 26.8 Å². The van der Waals surface area contributed by atoms with E-state index in [1.54, 1.807) is 0 Å². The SMILES string of the molecule is CC(C)[C@@H]1CC[C@H]2C=CC(=O)CC[C@]21C. The van der Waals surface area contributed by atoms with Gasteiger partial charge >= 0.3 is 0 Å². The number of hydrogen-bond acceptors (Lipinski definition) is 1. The Balaban J connectivity index is 2.26. The van der Waals surface area contributed by atoms with E-state index in [1.807, 2.05) is 6.08 Å². The van der Waals surface area contributed by atoms with Gasteiger partial charge in [0.05, 0.1) is 0 Å². The molecule has 1 nitrogen and oxygen atoms in total. The minimum Gasteiger partial charge on any atom is -0.295 e. The predicted molar refractivity (Wildman–Crippen MR) is 62.5 cm³/mol. The second-order valence-corrected chi connectivity index (χ2v) is 5.87. The summed E-state index contributed by atoms with van der Waals surface area (Å²) in [6, 6.07) is 0. The Morgan fingerprint density at radius 1 is 1.40 bits per heavy atom. The van der Waals surface area contributed by atoms with E-state index < -0.39 is 0 Å². The van der Waals surface area contributed by atoms with Crippen molar-refractivity contribution in [2.75, 3.05) is 0 Å². The highest BCUT2D eigenvalue weighted by Gasteiger charge is 2.46. The Morgan fingerprint density at radius 3 is 2.80 bits per heavy atom. The average Bonchev–Trinajstić information content (AvgIpc) is 2.43. The highest BCUT2D eigenvalue weighted by molar-refractivity contribution is 5.90. The number of rotatable bonds is 1. The topological polar surface area (TPSA) is 17.1 Å². The fourth-order valence-electron chi connectivity index (χ4n) is 3.77. The summed E-state index contributed by atoms with van der Waals surface area (Å²) < 4.78 is 0. The zero-order valence-electron chi connectivity index (χ0n) is 10.1. The van der Waals surface area contributed by atoms with Crippen LogP contribution >= 0.6 is 0 Å². The van der Waals surface area contributed by atoms with Gasteiger partial charge < -0.3 is 0 Å². The second kappa shape index (κ2) is 3.77. The Morgan fingerprint density at radius 2 is 2.13 bits per heavy atom. The molecule has 0 amide bonds. The fraction of sp³-hybridized carbons (Fsp3) is 0.786. The van der Waals surface area contributed by atoms with Crippen LogP contribution in [0.2, 0.25) is 0 Å². The predicted octanol–water partition coefficient (Wildman–Crippen LogP) is 3.59. The summed E-state index contributed by atoms with van der Waals surface area (Å²) in [6.07, 6.45) is 8.50. The highest BCUT2D eigenvalue weighted by Crippen LogP contribution is 2.54. The maximum absolute atomic E-state index is 11.4. The molecule has 3 atom stereocenters. The van der Waals surface area contributed by atoms with Crippen molar-refractivity contribution in [3.8, 4) is 0 Å². The summed E-state index contributed by atoms with van der Waals surface area (Å²) in [5.41, 5.74) is 0.386. The largest absolute Gasteiger partial charge is 0.295 e. The molecule has 84 valence electrons. The molecular formula is C14H22O. The van der Waals surface area contributed by atoms with Crippen molar-refractivity contribution in [2.24, 2.45) is 23.2 Å². The van der Waals surface area contributed by atoms with Crippen LogP contribution in [0.5, 0.6) is 0 Å². The van der Waals surface area contributed by atoms with Crippen molar-refractivity contribution in [3.63, 3.8) is 0 Å². The van der Waals surface area contributed by atoms with Crippen LogP contribution in [0.3, 0.4) is 0 Å². The fourth-order valence-corrected chi connectivity index (χ4v) is 3.77. The lowest BCUT2D eigenvalue weighted by Crippen LogP contribution is -2.30. The Kier molecular flexibility index (Phi) is 2.74. The Labute approximate surface area is 92.9 Å². The maximum atomic E-state index is 11.4. The third-order valence-electron chi connectivity index (χ3n) is 4.71. The number of hydrogen-bond donors (Lipinski definition) is 0. The first-order valence-electron chi connectivity index (χ1n) is 6.25. The van der Waals surface area contributed by atoms with Crippen molar-refractivity contribution in [2.45, 2.75) is 46.5 Å². The van der Waals surface area contributed by atoms with Crippen LogP contribution in [0, 0.1) is 23.2 Å². The zero-order chi connectivity index (χ0) is 11.1. The Hall–Kier alpha value is -0.590. The van der Waals surface area contributed by atoms with Crippen LogP contribution in [-0.4, -0.2) is 5.78 Å². The van der Waals surface area contributed by atoms with Gasteiger partial charge in [-0.15, -0.1) is 0 Å². The first kappa shape index (κ1) is 10.9. The lowest BCUT2D eigenvalue weighted by Gasteiger charge is -2.37. The van der Waals surface area contributed by atoms with Gasteiger partial charge in [0.2, 0.25) is 0 Å². The van der Waals surface area contributed by atoms with Crippen LogP contribution in [0.4, 0.5) is 0 Å². The molecule has 0 N–H and O–H groups in total. The summed E-state index contributed by atoms with van der Waals surface area (Å²) in [4.78, 5) is 11.4. The maximum Gasteiger partial charge on any atom is 0.155 e. The van der Waals surface area contributed by atoms with Crippen molar-refractivity contribution < 1.29 is 4.79 Å². The summed E-state index contributed by atoms with van der Waals surface area (Å²) in [5, 5.41) is 0. The number of carbonyl (C=O) groups excluding carboxylic acids is 1. The van der Waals surface area contributed by atoms with E-state index in [1.165, 1.54) is 12.8 Å².